The fourth-order valence-electron chi connectivity index (χ4n) is 6.04. The first-order chi connectivity index (χ1) is 16.4. The van der Waals surface area contributed by atoms with E-state index in [4.69, 9.17) is 23.2 Å². The molecule has 1 fully saturated rings. The molecule has 1 saturated heterocycles. The molecule has 34 heavy (non-hydrogen) atoms. The summed E-state index contributed by atoms with van der Waals surface area (Å²) in [6.45, 7) is 1.24. The molecule has 2 atom stereocenters. The van der Waals surface area contributed by atoms with Crippen LogP contribution in [0.4, 0.5) is 5.69 Å². The van der Waals surface area contributed by atoms with Gasteiger partial charge in [-0.25, -0.2) is 0 Å². The Hall–Kier alpha value is -3.15. The molecule has 3 amide bonds. The summed E-state index contributed by atoms with van der Waals surface area (Å²) in [7, 11) is 0. The summed E-state index contributed by atoms with van der Waals surface area (Å²) in [6.07, 6.45) is 0. The summed E-state index contributed by atoms with van der Waals surface area (Å²) in [5.74, 6) is -2.10. The first-order valence-corrected chi connectivity index (χ1v) is 11.9. The predicted octanol–water partition coefficient (Wildman–Crippen LogP) is 5.20. The number of rotatable bonds is 3. The number of benzene rings is 3. The number of carbonyl (C=O) groups excluding carboxylic acids is 3. The monoisotopic (exact) mass is 490 g/mol. The van der Waals surface area contributed by atoms with Gasteiger partial charge in [0.2, 0.25) is 17.7 Å². The maximum absolute atomic E-state index is 13.8. The molecular formula is C27H20Cl2N2O3. The van der Waals surface area contributed by atoms with E-state index in [1.54, 1.807) is 18.2 Å². The number of hydrogen-bond acceptors (Lipinski definition) is 3. The Labute approximate surface area is 206 Å². The third-order valence-corrected chi connectivity index (χ3v) is 8.16. The van der Waals surface area contributed by atoms with Crippen molar-refractivity contribution in [3.05, 3.63) is 99.0 Å². The van der Waals surface area contributed by atoms with Gasteiger partial charge in [0.05, 0.1) is 21.9 Å². The molecule has 1 aliphatic heterocycles. The van der Waals surface area contributed by atoms with Crippen molar-refractivity contribution in [1.29, 1.82) is 0 Å². The molecule has 0 unspecified atom stereocenters. The average molecular weight is 491 g/mol. The lowest BCUT2D eigenvalue weighted by Gasteiger charge is -2.45. The fraction of sp³-hybridized carbons (Fsp3) is 0.222. The average Bonchev–Trinajstić information content (AvgIpc) is 3.09. The van der Waals surface area contributed by atoms with Gasteiger partial charge in [-0.3, -0.25) is 24.2 Å². The van der Waals surface area contributed by atoms with Crippen LogP contribution in [0, 0.1) is 11.8 Å². The number of likely N-dealkylation sites (tertiary alicyclic amines) is 1. The SMILES string of the molecule is CC(=O)N(CN1C(=O)[C@@H]2C3c4ccccc4C(c4ccccc43)[C@H]2C1=O)c1ccc(Cl)c(Cl)c1. The predicted molar refractivity (Wildman–Crippen MR) is 130 cm³/mol. The van der Waals surface area contributed by atoms with Crippen LogP contribution in [-0.2, 0) is 14.4 Å². The van der Waals surface area contributed by atoms with Crippen molar-refractivity contribution >= 4 is 46.6 Å². The quantitative estimate of drug-likeness (QED) is 0.474. The van der Waals surface area contributed by atoms with Crippen LogP contribution in [0.25, 0.3) is 0 Å². The molecule has 7 heteroatoms. The first kappa shape index (κ1) is 21.4. The second kappa shape index (κ2) is 7.69. The van der Waals surface area contributed by atoms with Gasteiger partial charge >= 0.3 is 0 Å². The normalized spacial score (nSPS) is 24.0. The van der Waals surface area contributed by atoms with Crippen LogP contribution < -0.4 is 4.90 Å². The summed E-state index contributed by atoms with van der Waals surface area (Å²) < 4.78 is 0. The summed E-state index contributed by atoms with van der Waals surface area (Å²) >= 11 is 12.2. The second-order valence-corrected chi connectivity index (χ2v) is 9.87. The number of imide groups is 1. The molecule has 0 N–H and O–H groups in total. The van der Waals surface area contributed by atoms with Gasteiger partial charge in [0.25, 0.3) is 0 Å². The zero-order chi connectivity index (χ0) is 23.7. The lowest BCUT2D eigenvalue weighted by atomic mass is 9.55. The zero-order valence-electron chi connectivity index (χ0n) is 18.2. The number of carbonyl (C=O) groups is 3. The molecule has 3 aromatic carbocycles. The van der Waals surface area contributed by atoms with Crippen molar-refractivity contribution in [1.82, 2.24) is 4.90 Å². The Morgan fingerprint density at radius 1 is 0.794 bits per heavy atom. The van der Waals surface area contributed by atoms with Crippen LogP contribution in [0.5, 0.6) is 0 Å². The van der Waals surface area contributed by atoms with E-state index in [2.05, 4.69) is 24.3 Å². The second-order valence-electron chi connectivity index (χ2n) is 9.06. The Morgan fingerprint density at radius 2 is 1.26 bits per heavy atom. The van der Waals surface area contributed by atoms with Gasteiger partial charge in [-0.15, -0.1) is 0 Å². The van der Waals surface area contributed by atoms with Gasteiger partial charge in [0, 0.05) is 24.4 Å². The lowest BCUT2D eigenvalue weighted by Crippen LogP contribution is -2.44. The smallest absolute Gasteiger partial charge is 0.235 e. The van der Waals surface area contributed by atoms with Gasteiger partial charge in [0.15, 0.2) is 0 Å². The molecule has 0 aromatic heterocycles. The molecule has 0 saturated carbocycles. The van der Waals surface area contributed by atoms with Crippen LogP contribution >= 0.6 is 23.2 Å². The van der Waals surface area contributed by atoms with E-state index in [1.165, 1.54) is 16.7 Å². The van der Waals surface area contributed by atoms with Crippen molar-refractivity contribution in [2.75, 3.05) is 11.6 Å². The summed E-state index contributed by atoms with van der Waals surface area (Å²) in [4.78, 5) is 42.8. The fourth-order valence-corrected chi connectivity index (χ4v) is 6.33. The van der Waals surface area contributed by atoms with E-state index in [0.717, 1.165) is 22.3 Å². The van der Waals surface area contributed by atoms with Gasteiger partial charge in [-0.05, 0) is 40.5 Å². The number of hydrogen-bond donors (Lipinski definition) is 0. The minimum atomic E-state index is -0.482. The standard InChI is InChI=1S/C27H20Cl2N2O3/c1-14(32)30(15-10-11-20(28)21(29)12-15)13-31-26(33)24-22-16-6-2-3-7-17(16)23(25(24)27(31)34)19-9-5-4-8-18(19)22/h2-12,22-25H,13H2,1H3/t22?,23?,24-,25-/m1/s1. The lowest BCUT2D eigenvalue weighted by molar-refractivity contribution is -0.140. The highest BCUT2D eigenvalue weighted by atomic mass is 35.5. The van der Waals surface area contributed by atoms with E-state index in [0.29, 0.717) is 15.7 Å². The maximum atomic E-state index is 13.8. The Bertz CT molecular complexity index is 1270. The highest BCUT2D eigenvalue weighted by Gasteiger charge is 2.61. The Morgan fingerprint density at radius 3 is 1.68 bits per heavy atom. The minimum Gasteiger partial charge on any atom is -0.294 e. The summed E-state index contributed by atoms with van der Waals surface area (Å²) in [6, 6.07) is 21.0. The topological polar surface area (TPSA) is 57.7 Å². The molecule has 4 aliphatic rings. The van der Waals surface area contributed by atoms with Gasteiger partial charge in [-0.1, -0.05) is 71.7 Å². The van der Waals surface area contributed by atoms with Gasteiger partial charge in [0.1, 0.15) is 6.67 Å². The largest absolute Gasteiger partial charge is 0.294 e. The van der Waals surface area contributed by atoms with Crippen molar-refractivity contribution in [2.24, 2.45) is 11.8 Å². The van der Waals surface area contributed by atoms with Crippen LogP contribution in [-0.4, -0.2) is 29.3 Å². The van der Waals surface area contributed by atoms with E-state index in [-0.39, 0.29) is 36.2 Å². The molecule has 2 bridgehead atoms. The molecule has 0 spiro atoms. The number of anilines is 1. The van der Waals surface area contributed by atoms with Crippen molar-refractivity contribution < 1.29 is 14.4 Å². The molecule has 7 rings (SSSR count). The molecule has 170 valence electrons. The number of halogens is 2. The van der Waals surface area contributed by atoms with Crippen molar-refractivity contribution in [2.45, 2.75) is 18.8 Å². The van der Waals surface area contributed by atoms with Gasteiger partial charge < -0.3 is 0 Å². The molecular weight excluding hydrogens is 471 g/mol. The van der Waals surface area contributed by atoms with E-state index in [1.807, 2.05) is 24.3 Å². The van der Waals surface area contributed by atoms with Gasteiger partial charge in [-0.2, -0.15) is 0 Å². The zero-order valence-corrected chi connectivity index (χ0v) is 19.8. The van der Waals surface area contributed by atoms with E-state index >= 15 is 0 Å². The molecule has 1 heterocycles. The van der Waals surface area contributed by atoms with Crippen LogP contribution in [0.3, 0.4) is 0 Å². The Kier molecular flexibility index (Phi) is 4.84. The number of nitrogens with zero attached hydrogens (tertiary/aromatic N) is 2. The summed E-state index contributed by atoms with van der Waals surface area (Å²) in [5, 5.41) is 0.655. The van der Waals surface area contributed by atoms with Crippen LogP contribution in [0.2, 0.25) is 10.0 Å². The van der Waals surface area contributed by atoms with Crippen LogP contribution in [0.1, 0.15) is 41.0 Å². The summed E-state index contributed by atoms with van der Waals surface area (Å²) in [5.41, 5.74) is 4.94. The van der Waals surface area contributed by atoms with Crippen molar-refractivity contribution in [3.8, 4) is 0 Å². The molecule has 5 nitrogen and oxygen atoms in total. The van der Waals surface area contributed by atoms with E-state index in [9.17, 15) is 14.4 Å². The number of amides is 3. The molecule has 3 aromatic rings. The van der Waals surface area contributed by atoms with Crippen LogP contribution in [0.15, 0.2) is 66.7 Å². The Balaban J connectivity index is 1.42. The molecule has 0 radical (unpaired) electrons. The molecule has 3 aliphatic carbocycles. The van der Waals surface area contributed by atoms with Crippen molar-refractivity contribution in [3.63, 3.8) is 0 Å². The minimum absolute atomic E-state index is 0.163. The highest BCUT2D eigenvalue weighted by molar-refractivity contribution is 6.42. The maximum Gasteiger partial charge on any atom is 0.235 e. The van der Waals surface area contributed by atoms with E-state index < -0.39 is 11.8 Å². The third kappa shape index (κ3) is 2.90. The first-order valence-electron chi connectivity index (χ1n) is 11.1. The third-order valence-electron chi connectivity index (χ3n) is 7.42. The highest BCUT2D eigenvalue weighted by Crippen LogP contribution is 2.60.